The minimum Gasteiger partial charge on any atom is -0.393 e. The molecule has 2 aliphatic heterocycles. The van der Waals surface area contributed by atoms with E-state index in [0.29, 0.717) is 13.1 Å². The Morgan fingerprint density at radius 3 is 2.27 bits per heavy atom. The molecule has 116 valence electrons. The Hall–Kier alpha value is -2.48. The van der Waals surface area contributed by atoms with Crippen LogP contribution in [0.2, 0.25) is 0 Å². The summed E-state index contributed by atoms with van der Waals surface area (Å²) >= 11 is 0. The van der Waals surface area contributed by atoms with E-state index in [4.69, 9.17) is 5.73 Å². The smallest absolute Gasteiger partial charge is 0.292 e. The molecule has 2 heterocycles. The van der Waals surface area contributed by atoms with Crippen LogP contribution in [0.5, 0.6) is 0 Å². The van der Waals surface area contributed by atoms with Crippen molar-refractivity contribution in [2.24, 2.45) is 0 Å². The van der Waals surface area contributed by atoms with Gasteiger partial charge in [-0.1, -0.05) is 0 Å². The monoisotopic (exact) mass is 304 g/mol. The van der Waals surface area contributed by atoms with E-state index in [1.807, 2.05) is 0 Å². The van der Waals surface area contributed by atoms with Gasteiger partial charge in [-0.3, -0.25) is 24.6 Å². The molecule has 1 fully saturated rings. The quantitative estimate of drug-likeness (QED) is 0.382. The van der Waals surface area contributed by atoms with E-state index in [0.717, 1.165) is 36.9 Å². The highest BCUT2D eigenvalue weighted by atomic mass is 16.6. The summed E-state index contributed by atoms with van der Waals surface area (Å²) in [6, 6.07) is 2.32. The van der Waals surface area contributed by atoms with Crippen molar-refractivity contribution in [1.29, 1.82) is 0 Å². The number of amides is 2. The average molecular weight is 304 g/mol. The fourth-order valence-electron chi connectivity index (χ4n) is 2.95. The normalized spacial score (nSPS) is 18.1. The van der Waals surface area contributed by atoms with Crippen molar-refractivity contribution in [3.63, 3.8) is 0 Å². The molecule has 0 radical (unpaired) electrons. The Balaban J connectivity index is 1.83. The molecule has 0 aromatic heterocycles. The Morgan fingerprint density at radius 1 is 1.09 bits per heavy atom. The van der Waals surface area contributed by atoms with Crippen LogP contribution in [-0.2, 0) is 0 Å². The number of likely N-dealkylation sites (tertiary alicyclic amines) is 1. The fourth-order valence-corrected chi connectivity index (χ4v) is 2.95. The maximum Gasteiger partial charge on any atom is 0.292 e. The summed E-state index contributed by atoms with van der Waals surface area (Å²) in [5.74, 6) is -0.914. The van der Waals surface area contributed by atoms with E-state index in [1.54, 1.807) is 0 Å². The van der Waals surface area contributed by atoms with Crippen molar-refractivity contribution < 1.29 is 14.5 Å². The number of nitrogen functional groups attached to an aromatic ring is 1. The van der Waals surface area contributed by atoms with E-state index in [-0.39, 0.29) is 22.5 Å². The first-order valence-corrected chi connectivity index (χ1v) is 7.15. The van der Waals surface area contributed by atoms with Crippen LogP contribution >= 0.6 is 0 Å². The van der Waals surface area contributed by atoms with Crippen LogP contribution in [0.4, 0.5) is 11.4 Å². The third-order valence-electron chi connectivity index (χ3n) is 4.15. The van der Waals surface area contributed by atoms with Crippen molar-refractivity contribution in [2.45, 2.75) is 12.8 Å². The molecular weight excluding hydrogens is 288 g/mol. The Labute approximate surface area is 126 Å². The zero-order valence-electron chi connectivity index (χ0n) is 11.9. The van der Waals surface area contributed by atoms with Crippen LogP contribution < -0.4 is 5.73 Å². The van der Waals surface area contributed by atoms with Gasteiger partial charge in [-0.15, -0.1) is 0 Å². The first-order chi connectivity index (χ1) is 10.5. The molecule has 1 aromatic carbocycles. The van der Waals surface area contributed by atoms with Crippen LogP contribution in [0, 0.1) is 10.1 Å². The van der Waals surface area contributed by atoms with E-state index in [9.17, 15) is 19.7 Å². The zero-order chi connectivity index (χ0) is 15.9. The van der Waals surface area contributed by atoms with Crippen molar-refractivity contribution >= 4 is 23.2 Å². The van der Waals surface area contributed by atoms with E-state index >= 15 is 0 Å². The number of nitro benzene ring substituents is 1. The number of hydrogen-bond acceptors (Lipinski definition) is 6. The van der Waals surface area contributed by atoms with Gasteiger partial charge in [0.15, 0.2) is 0 Å². The second-order valence-corrected chi connectivity index (χ2v) is 5.52. The second kappa shape index (κ2) is 5.38. The third kappa shape index (κ3) is 2.31. The lowest BCUT2D eigenvalue weighted by molar-refractivity contribution is -0.383. The molecule has 8 heteroatoms. The van der Waals surface area contributed by atoms with Crippen LogP contribution in [0.25, 0.3) is 0 Å². The lowest BCUT2D eigenvalue weighted by Crippen LogP contribution is -2.37. The summed E-state index contributed by atoms with van der Waals surface area (Å²) in [5, 5.41) is 10.9. The highest BCUT2D eigenvalue weighted by Crippen LogP contribution is 2.31. The van der Waals surface area contributed by atoms with Crippen LogP contribution in [0.3, 0.4) is 0 Å². The number of anilines is 1. The molecule has 0 aliphatic carbocycles. The van der Waals surface area contributed by atoms with Gasteiger partial charge in [0, 0.05) is 19.2 Å². The van der Waals surface area contributed by atoms with Crippen LogP contribution in [-0.4, -0.2) is 52.7 Å². The first-order valence-electron chi connectivity index (χ1n) is 7.15. The van der Waals surface area contributed by atoms with E-state index in [2.05, 4.69) is 4.90 Å². The summed E-state index contributed by atoms with van der Waals surface area (Å²) in [4.78, 5) is 38.2. The second-order valence-electron chi connectivity index (χ2n) is 5.52. The van der Waals surface area contributed by atoms with Gasteiger partial charge >= 0.3 is 0 Å². The topological polar surface area (TPSA) is 110 Å². The number of nitro groups is 1. The number of fused-ring (bicyclic) bond motifs is 1. The van der Waals surface area contributed by atoms with E-state index in [1.165, 1.54) is 6.07 Å². The highest BCUT2D eigenvalue weighted by molar-refractivity contribution is 6.22. The number of nitrogens with zero attached hydrogens (tertiary/aromatic N) is 3. The highest BCUT2D eigenvalue weighted by Gasteiger charge is 2.37. The lowest BCUT2D eigenvalue weighted by atomic mass is 10.1. The lowest BCUT2D eigenvalue weighted by Gasteiger charge is -2.19. The van der Waals surface area contributed by atoms with Crippen molar-refractivity contribution in [2.75, 3.05) is 31.9 Å². The van der Waals surface area contributed by atoms with Crippen LogP contribution in [0.15, 0.2) is 12.1 Å². The number of carbonyl (C=O) groups excluding carboxylic acids is 2. The Bertz CT molecular complexity index is 667. The fraction of sp³-hybridized carbons (Fsp3) is 0.429. The molecule has 1 saturated heterocycles. The molecule has 0 bridgehead atoms. The molecule has 3 rings (SSSR count). The van der Waals surface area contributed by atoms with Gasteiger partial charge in [0.25, 0.3) is 17.5 Å². The van der Waals surface area contributed by atoms with Crippen LogP contribution in [0.1, 0.15) is 33.6 Å². The summed E-state index contributed by atoms with van der Waals surface area (Å²) < 4.78 is 0. The molecule has 2 aliphatic rings. The number of hydrogen-bond donors (Lipinski definition) is 1. The summed E-state index contributed by atoms with van der Waals surface area (Å²) in [7, 11) is 0. The van der Waals surface area contributed by atoms with E-state index < -0.39 is 16.7 Å². The summed E-state index contributed by atoms with van der Waals surface area (Å²) in [6.45, 7) is 2.87. The summed E-state index contributed by atoms with van der Waals surface area (Å²) in [5.41, 5.74) is 5.35. The molecular formula is C14H16N4O4. The number of nitrogens with two attached hydrogens (primary N) is 1. The minimum absolute atomic E-state index is 0.0623. The molecule has 0 spiro atoms. The van der Waals surface area contributed by atoms with Gasteiger partial charge in [0.2, 0.25) is 0 Å². The first kappa shape index (κ1) is 14.5. The predicted molar refractivity (Wildman–Crippen MR) is 78.5 cm³/mol. The largest absolute Gasteiger partial charge is 0.393 e. The molecule has 1 aromatic rings. The van der Waals surface area contributed by atoms with Crippen molar-refractivity contribution in [1.82, 2.24) is 9.80 Å². The number of carbonyl (C=O) groups is 2. The maximum absolute atomic E-state index is 12.3. The van der Waals surface area contributed by atoms with Gasteiger partial charge < -0.3 is 10.6 Å². The minimum atomic E-state index is -0.653. The molecule has 2 N–H and O–H groups in total. The third-order valence-corrected chi connectivity index (χ3v) is 4.15. The van der Waals surface area contributed by atoms with Crippen molar-refractivity contribution in [3.8, 4) is 0 Å². The van der Waals surface area contributed by atoms with Gasteiger partial charge in [-0.25, -0.2) is 0 Å². The number of benzene rings is 1. The zero-order valence-corrected chi connectivity index (χ0v) is 11.9. The van der Waals surface area contributed by atoms with Gasteiger partial charge in [0.05, 0.1) is 16.1 Å². The summed E-state index contributed by atoms with van der Waals surface area (Å²) in [6.07, 6.45) is 2.26. The molecule has 22 heavy (non-hydrogen) atoms. The van der Waals surface area contributed by atoms with Gasteiger partial charge in [0.1, 0.15) is 5.69 Å². The van der Waals surface area contributed by atoms with Crippen molar-refractivity contribution in [3.05, 3.63) is 33.4 Å². The Kier molecular flexibility index (Phi) is 3.53. The standard InChI is InChI=1S/C14H16N4O4/c15-11-7-9-10(8-12(11)18(21)22)14(20)17(13(9)19)6-5-16-3-1-2-4-16/h7-8H,1-6,15H2. The molecule has 2 amide bonds. The van der Waals surface area contributed by atoms with Gasteiger partial charge in [-0.05, 0) is 32.0 Å². The molecule has 0 saturated carbocycles. The number of rotatable bonds is 4. The maximum atomic E-state index is 12.3. The molecule has 0 unspecified atom stereocenters. The SMILES string of the molecule is Nc1cc2c(cc1[N+](=O)[O-])C(=O)N(CCN1CCCC1)C2=O. The van der Waals surface area contributed by atoms with Gasteiger partial charge in [-0.2, -0.15) is 0 Å². The molecule has 8 nitrogen and oxygen atoms in total. The predicted octanol–water partition coefficient (Wildman–Crippen LogP) is 0.869. The molecule has 0 atom stereocenters. The Morgan fingerprint density at radius 2 is 1.68 bits per heavy atom. The number of imide groups is 1. The average Bonchev–Trinajstić information content (AvgIpc) is 3.06.